The van der Waals surface area contributed by atoms with E-state index in [1.54, 1.807) is 6.07 Å². The maximum atomic E-state index is 11.6. The van der Waals surface area contributed by atoms with Crippen LogP contribution in [0.2, 0.25) is 0 Å². The molecule has 0 aromatic heterocycles. The van der Waals surface area contributed by atoms with Crippen LogP contribution in [0.15, 0.2) is 30.3 Å². The number of carbonyl (C=O) groups is 2. The van der Waals surface area contributed by atoms with Crippen LogP contribution in [0.1, 0.15) is 43.6 Å². The van der Waals surface area contributed by atoms with Crippen LogP contribution < -0.4 is 20.1 Å². The third-order valence-electron chi connectivity index (χ3n) is 5.41. The lowest BCUT2D eigenvalue weighted by atomic mass is 9.90. The molecule has 2 aromatic carbocycles. The van der Waals surface area contributed by atoms with Gasteiger partial charge in [0.2, 0.25) is 0 Å². The van der Waals surface area contributed by atoms with E-state index in [2.05, 4.69) is 10.6 Å². The molecule has 1 unspecified atom stereocenters. The molecule has 1 heterocycles. The second-order valence-electron chi connectivity index (χ2n) is 8.67. The number of benzene rings is 2. The number of carboxylic acid groups (broad SMARTS) is 1. The van der Waals surface area contributed by atoms with Gasteiger partial charge in [-0.3, -0.25) is 4.79 Å². The number of hydrogen-bond acceptors (Lipinski definition) is 7. The maximum absolute atomic E-state index is 11.6. The predicted molar refractivity (Wildman–Crippen MR) is 122 cm³/mol. The highest BCUT2D eigenvalue weighted by atomic mass is 16.5. The second kappa shape index (κ2) is 10.1. The number of phenols is 1. The van der Waals surface area contributed by atoms with Crippen molar-refractivity contribution in [2.45, 2.75) is 45.3 Å². The van der Waals surface area contributed by atoms with E-state index in [1.807, 2.05) is 32.9 Å². The summed E-state index contributed by atoms with van der Waals surface area (Å²) in [6.07, 6.45) is 0.446. The molecule has 0 bridgehead atoms. The van der Waals surface area contributed by atoms with Crippen molar-refractivity contribution in [3.05, 3.63) is 47.0 Å². The van der Waals surface area contributed by atoms with Crippen molar-refractivity contribution in [2.24, 2.45) is 0 Å². The Morgan fingerprint density at radius 3 is 2.73 bits per heavy atom. The number of amides is 1. The molecule has 2 aromatic rings. The molecule has 0 saturated carbocycles. The van der Waals surface area contributed by atoms with E-state index in [4.69, 9.17) is 14.6 Å². The summed E-state index contributed by atoms with van der Waals surface area (Å²) in [4.78, 5) is 22.3. The first kappa shape index (κ1) is 24.3. The van der Waals surface area contributed by atoms with Gasteiger partial charge < -0.3 is 35.4 Å². The Balaban J connectivity index is 1.68. The fourth-order valence-electron chi connectivity index (χ4n) is 3.82. The van der Waals surface area contributed by atoms with Crippen molar-refractivity contribution in [2.75, 3.05) is 25.1 Å². The van der Waals surface area contributed by atoms with E-state index in [-0.39, 0.29) is 37.0 Å². The molecular formula is C24H30N2O7. The normalized spacial score (nSPS) is 14.1. The number of aromatic hydroxyl groups is 1. The Bertz CT molecular complexity index is 1040. The number of β-amino-alcohol motifs (C(OH)–C–C–N with tert-alkyl or cyclic N) is 1. The van der Waals surface area contributed by atoms with Crippen molar-refractivity contribution in [3.63, 3.8) is 0 Å². The zero-order valence-corrected chi connectivity index (χ0v) is 19.0. The number of phenolic OH excluding ortho intramolecular Hbond substituents is 1. The highest BCUT2D eigenvalue weighted by Crippen LogP contribution is 2.38. The largest absolute Gasteiger partial charge is 0.508 e. The molecule has 0 fully saturated rings. The summed E-state index contributed by atoms with van der Waals surface area (Å²) in [5.74, 6) is -0.559. The highest BCUT2D eigenvalue weighted by Gasteiger charge is 2.26. The summed E-state index contributed by atoms with van der Waals surface area (Å²) in [6.45, 7) is 5.71. The first-order valence-electron chi connectivity index (χ1n) is 10.8. The molecular weight excluding hydrogens is 428 g/mol. The van der Waals surface area contributed by atoms with Gasteiger partial charge in [0, 0.05) is 23.7 Å². The van der Waals surface area contributed by atoms with Crippen LogP contribution >= 0.6 is 0 Å². The smallest absolute Gasteiger partial charge is 0.341 e. The van der Waals surface area contributed by atoms with Gasteiger partial charge in [-0.05, 0) is 56.0 Å². The summed E-state index contributed by atoms with van der Waals surface area (Å²) < 4.78 is 10.8. The predicted octanol–water partition coefficient (Wildman–Crippen LogP) is 2.39. The summed E-state index contributed by atoms with van der Waals surface area (Å²) in [6, 6.07) is 8.36. The average Bonchev–Trinajstić information content (AvgIpc) is 2.75. The third kappa shape index (κ3) is 6.36. The Morgan fingerprint density at radius 2 is 2.03 bits per heavy atom. The monoisotopic (exact) mass is 458 g/mol. The van der Waals surface area contributed by atoms with Gasteiger partial charge in [0.15, 0.2) is 13.2 Å². The third-order valence-corrected chi connectivity index (χ3v) is 5.41. The van der Waals surface area contributed by atoms with E-state index in [9.17, 15) is 19.8 Å². The lowest BCUT2D eigenvalue weighted by molar-refractivity contribution is -0.139. The van der Waals surface area contributed by atoms with Crippen LogP contribution in [0.4, 0.5) is 5.69 Å². The van der Waals surface area contributed by atoms with Gasteiger partial charge in [0.1, 0.15) is 17.2 Å². The molecule has 1 atom stereocenters. The minimum Gasteiger partial charge on any atom is -0.508 e. The van der Waals surface area contributed by atoms with Crippen molar-refractivity contribution in [1.29, 1.82) is 0 Å². The number of hydrogen-bond donors (Lipinski definition) is 5. The number of nitrogens with one attached hydrogen (secondary N) is 2. The minimum absolute atomic E-state index is 0.0781. The van der Waals surface area contributed by atoms with Gasteiger partial charge in [-0.15, -0.1) is 0 Å². The fraction of sp³-hybridized carbons (Fsp3) is 0.417. The van der Waals surface area contributed by atoms with E-state index < -0.39 is 12.1 Å². The Labute approximate surface area is 192 Å². The Morgan fingerprint density at radius 1 is 1.27 bits per heavy atom. The Hall–Kier alpha value is -3.30. The number of aryl methyl sites for hydroxylation is 1. The number of aliphatic carboxylic acids is 1. The van der Waals surface area contributed by atoms with Crippen molar-refractivity contribution in [1.82, 2.24) is 5.32 Å². The standard InChI is InChI=1S/C24H30N2O7/c1-4-14-7-17(32-13-22(30)31)6-5-15(14)10-24(2,3)25-11-20(28)18-8-16(27)9-19-23(18)33-12-21(29)26-19/h5-9,20,25,27-28H,4,10-13H2,1-3H3,(H,26,29)(H,30,31). The summed E-state index contributed by atoms with van der Waals surface area (Å²) in [5, 5.41) is 35.6. The molecule has 9 nitrogen and oxygen atoms in total. The number of fused-ring (bicyclic) bond motifs is 1. The molecule has 0 aliphatic carbocycles. The summed E-state index contributed by atoms with van der Waals surface area (Å²) in [7, 11) is 0. The fourth-order valence-corrected chi connectivity index (χ4v) is 3.82. The molecule has 0 spiro atoms. The van der Waals surface area contributed by atoms with Gasteiger partial charge in [0.05, 0.1) is 11.8 Å². The number of anilines is 1. The molecule has 3 rings (SSSR count). The van der Waals surface area contributed by atoms with Gasteiger partial charge in [-0.25, -0.2) is 4.79 Å². The SMILES string of the molecule is CCc1cc(OCC(=O)O)ccc1CC(C)(C)NCC(O)c1cc(O)cc2c1OCC(=O)N2. The first-order valence-corrected chi connectivity index (χ1v) is 10.8. The second-order valence-corrected chi connectivity index (χ2v) is 8.67. The molecule has 178 valence electrons. The van der Waals surface area contributed by atoms with Crippen LogP contribution in [0.5, 0.6) is 17.2 Å². The van der Waals surface area contributed by atoms with Crippen LogP contribution in [-0.2, 0) is 22.4 Å². The zero-order valence-electron chi connectivity index (χ0n) is 19.0. The number of carboxylic acids is 1. The van der Waals surface area contributed by atoms with Gasteiger partial charge in [-0.2, -0.15) is 0 Å². The molecule has 33 heavy (non-hydrogen) atoms. The number of ether oxygens (including phenoxy) is 2. The topological polar surface area (TPSA) is 137 Å². The molecule has 0 saturated heterocycles. The summed E-state index contributed by atoms with van der Waals surface area (Å²) in [5.41, 5.74) is 2.48. The lowest BCUT2D eigenvalue weighted by Gasteiger charge is -2.30. The van der Waals surface area contributed by atoms with Crippen LogP contribution in [0.3, 0.4) is 0 Å². The van der Waals surface area contributed by atoms with E-state index in [0.29, 0.717) is 29.2 Å². The van der Waals surface area contributed by atoms with Gasteiger partial charge in [0.25, 0.3) is 5.91 Å². The number of aliphatic hydroxyl groups excluding tert-OH is 1. The van der Waals surface area contributed by atoms with Gasteiger partial charge >= 0.3 is 5.97 Å². The number of aliphatic hydroxyl groups is 1. The van der Waals surface area contributed by atoms with Crippen LogP contribution in [0.25, 0.3) is 0 Å². The number of rotatable bonds is 10. The maximum Gasteiger partial charge on any atom is 0.341 e. The van der Waals surface area contributed by atoms with Crippen LogP contribution in [-0.4, -0.2) is 52.5 Å². The molecule has 9 heteroatoms. The quantitative estimate of drug-likeness (QED) is 0.366. The van der Waals surface area contributed by atoms with Gasteiger partial charge in [-0.1, -0.05) is 13.0 Å². The van der Waals surface area contributed by atoms with Crippen molar-refractivity contribution >= 4 is 17.6 Å². The average molecular weight is 459 g/mol. The van der Waals surface area contributed by atoms with E-state index in [1.165, 1.54) is 12.1 Å². The van der Waals surface area contributed by atoms with E-state index >= 15 is 0 Å². The number of carbonyl (C=O) groups excluding carboxylic acids is 1. The molecule has 0 radical (unpaired) electrons. The highest BCUT2D eigenvalue weighted by molar-refractivity contribution is 5.96. The lowest BCUT2D eigenvalue weighted by Crippen LogP contribution is -2.43. The molecule has 5 N–H and O–H groups in total. The Kier molecular flexibility index (Phi) is 7.45. The van der Waals surface area contributed by atoms with Crippen LogP contribution in [0, 0.1) is 0 Å². The van der Waals surface area contributed by atoms with Crippen molar-refractivity contribution in [3.8, 4) is 17.2 Å². The molecule has 1 aliphatic heterocycles. The molecule has 1 aliphatic rings. The first-order chi connectivity index (χ1) is 15.6. The van der Waals surface area contributed by atoms with Crippen molar-refractivity contribution < 1.29 is 34.4 Å². The minimum atomic E-state index is -1.03. The zero-order chi connectivity index (χ0) is 24.2. The summed E-state index contributed by atoms with van der Waals surface area (Å²) >= 11 is 0. The molecule has 1 amide bonds. The van der Waals surface area contributed by atoms with E-state index in [0.717, 1.165) is 17.5 Å².